The van der Waals surface area contributed by atoms with Crippen molar-refractivity contribution in [1.82, 2.24) is 20.1 Å². The molecule has 2 aromatic heterocycles. The van der Waals surface area contributed by atoms with Crippen molar-refractivity contribution in [1.29, 1.82) is 0 Å². The molecular weight excluding hydrogens is 404 g/mol. The van der Waals surface area contributed by atoms with Crippen molar-refractivity contribution < 1.29 is 4.79 Å². The second-order valence-electron chi connectivity index (χ2n) is 6.75. The van der Waals surface area contributed by atoms with Crippen molar-refractivity contribution >= 4 is 28.3 Å². The summed E-state index contributed by atoms with van der Waals surface area (Å²) in [6, 6.07) is 18.2. The molecule has 2 aromatic carbocycles. The van der Waals surface area contributed by atoms with Gasteiger partial charge < -0.3 is 5.32 Å². The van der Waals surface area contributed by atoms with E-state index in [1.807, 2.05) is 36.4 Å². The molecule has 2 N–H and O–H groups in total. The van der Waals surface area contributed by atoms with E-state index < -0.39 is 17.5 Å². The Bertz CT molecular complexity index is 1340. The van der Waals surface area contributed by atoms with Crippen LogP contribution in [0.15, 0.2) is 76.3 Å². The van der Waals surface area contributed by atoms with Gasteiger partial charge in [0, 0.05) is 17.4 Å². The number of carbonyl (C=O) groups excluding carboxylic acids is 1. The van der Waals surface area contributed by atoms with Crippen molar-refractivity contribution in [3.63, 3.8) is 0 Å². The maximum absolute atomic E-state index is 13.4. The van der Waals surface area contributed by atoms with Crippen LogP contribution in [0.25, 0.3) is 16.5 Å². The van der Waals surface area contributed by atoms with Crippen LogP contribution in [0.4, 0.5) is 0 Å². The average Bonchev–Trinajstić information content (AvgIpc) is 2.74. The molecule has 0 aliphatic rings. The summed E-state index contributed by atoms with van der Waals surface area (Å²) in [5, 5.41) is 10.3. The highest BCUT2D eigenvalue weighted by Crippen LogP contribution is 2.25. The zero-order valence-electron chi connectivity index (χ0n) is 15.9. The fourth-order valence-electron chi connectivity index (χ4n) is 3.32. The van der Waals surface area contributed by atoms with Crippen molar-refractivity contribution in [3.8, 4) is 5.69 Å². The number of hydrogen-bond donors (Lipinski definition) is 2. The van der Waals surface area contributed by atoms with Crippen LogP contribution in [-0.4, -0.2) is 20.7 Å². The number of nitrogens with zero attached hydrogens (tertiary/aromatic N) is 2. The Morgan fingerprint density at radius 1 is 1.07 bits per heavy atom. The zero-order chi connectivity index (χ0) is 21.3. The molecule has 1 amide bonds. The molecule has 7 nitrogen and oxygen atoms in total. The van der Waals surface area contributed by atoms with Crippen molar-refractivity contribution in [3.05, 3.63) is 104 Å². The molecule has 8 heteroatoms. The van der Waals surface area contributed by atoms with E-state index in [1.54, 1.807) is 29.7 Å². The number of H-pyrrole nitrogens is 1. The van der Waals surface area contributed by atoms with E-state index in [0.717, 1.165) is 0 Å². The van der Waals surface area contributed by atoms with Gasteiger partial charge >= 0.3 is 0 Å². The maximum atomic E-state index is 13.4. The number of rotatable bonds is 4. The topological polar surface area (TPSA) is 96.8 Å². The third kappa shape index (κ3) is 3.62. The lowest BCUT2D eigenvalue weighted by atomic mass is 10.1. The number of nitrogens with one attached hydrogen (secondary N) is 2. The van der Waals surface area contributed by atoms with Crippen LogP contribution in [-0.2, 0) is 0 Å². The summed E-state index contributed by atoms with van der Waals surface area (Å²) in [4.78, 5) is 37.1. The van der Waals surface area contributed by atoms with Gasteiger partial charge in [-0.15, -0.1) is 0 Å². The number of halogens is 1. The van der Waals surface area contributed by atoms with Gasteiger partial charge in [-0.3, -0.25) is 19.0 Å². The smallest absolute Gasteiger partial charge is 0.272 e. The number of benzene rings is 2. The molecule has 0 radical (unpaired) electrons. The standard InChI is InChI=1S/C22H17ClN4O3/c1-13(24-21(29)17-10-11-19(28)26-25-17)18-12-14-6-5-9-16(23)20(14)22(30)27(18)15-7-3-2-4-8-15/h2-13H,1H3,(H,24,29)(H,26,28)/t13-/m0/s1. The van der Waals surface area contributed by atoms with E-state index in [0.29, 0.717) is 27.2 Å². The third-order valence-electron chi connectivity index (χ3n) is 4.74. The predicted octanol–water partition coefficient (Wildman–Crippen LogP) is 3.22. The number of amides is 1. The van der Waals surface area contributed by atoms with Gasteiger partial charge in [-0.25, -0.2) is 5.10 Å². The van der Waals surface area contributed by atoms with Gasteiger partial charge in [0.15, 0.2) is 0 Å². The number of aromatic nitrogens is 3. The zero-order valence-corrected chi connectivity index (χ0v) is 16.7. The highest BCUT2D eigenvalue weighted by atomic mass is 35.5. The van der Waals surface area contributed by atoms with Crippen LogP contribution in [0.1, 0.15) is 29.1 Å². The first-order chi connectivity index (χ1) is 14.5. The minimum atomic E-state index is -0.539. The van der Waals surface area contributed by atoms with Gasteiger partial charge in [0.2, 0.25) is 0 Å². The average molecular weight is 421 g/mol. The quantitative estimate of drug-likeness (QED) is 0.529. The molecule has 0 unspecified atom stereocenters. The van der Waals surface area contributed by atoms with Crippen LogP contribution < -0.4 is 16.4 Å². The lowest BCUT2D eigenvalue weighted by Gasteiger charge is -2.21. The summed E-state index contributed by atoms with van der Waals surface area (Å²) in [7, 11) is 0. The number of carbonyl (C=O) groups is 1. The monoisotopic (exact) mass is 420 g/mol. The number of aromatic amines is 1. The van der Waals surface area contributed by atoms with Gasteiger partial charge in [0.05, 0.1) is 16.5 Å². The summed E-state index contributed by atoms with van der Waals surface area (Å²) < 4.78 is 1.54. The first-order valence-corrected chi connectivity index (χ1v) is 9.59. The summed E-state index contributed by atoms with van der Waals surface area (Å²) in [6.07, 6.45) is 0. The molecule has 0 fully saturated rings. The van der Waals surface area contributed by atoms with Gasteiger partial charge in [-0.05, 0) is 42.6 Å². The minimum Gasteiger partial charge on any atom is -0.343 e. The SMILES string of the molecule is C[C@H](NC(=O)c1ccc(=O)[nH]n1)c1cc2cccc(Cl)c2c(=O)n1-c1ccccc1. The first kappa shape index (κ1) is 19.6. The van der Waals surface area contributed by atoms with Gasteiger partial charge in [-0.1, -0.05) is 41.9 Å². The maximum Gasteiger partial charge on any atom is 0.272 e. The van der Waals surface area contributed by atoms with Crippen LogP contribution in [0, 0.1) is 0 Å². The number of pyridine rings is 1. The second kappa shape index (κ2) is 7.96. The van der Waals surface area contributed by atoms with E-state index in [-0.39, 0.29) is 11.3 Å². The number of para-hydroxylation sites is 1. The molecule has 0 spiro atoms. The molecule has 0 aliphatic heterocycles. The highest BCUT2D eigenvalue weighted by Gasteiger charge is 2.20. The van der Waals surface area contributed by atoms with Crippen LogP contribution >= 0.6 is 11.6 Å². The molecule has 0 bridgehead atoms. The fraction of sp³-hybridized carbons (Fsp3) is 0.0909. The Labute approximate surface area is 175 Å². The van der Waals surface area contributed by atoms with E-state index in [1.165, 1.54) is 12.1 Å². The second-order valence-corrected chi connectivity index (χ2v) is 7.16. The molecular formula is C22H17ClN4O3. The molecule has 2 heterocycles. The first-order valence-electron chi connectivity index (χ1n) is 9.22. The minimum absolute atomic E-state index is 0.0684. The van der Waals surface area contributed by atoms with E-state index >= 15 is 0 Å². The molecule has 150 valence electrons. The normalized spacial score (nSPS) is 11.9. The Morgan fingerprint density at radius 3 is 2.53 bits per heavy atom. The van der Waals surface area contributed by atoms with E-state index in [9.17, 15) is 14.4 Å². The van der Waals surface area contributed by atoms with Crippen LogP contribution in [0.2, 0.25) is 5.02 Å². The third-order valence-corrected chi connectivity index (χ3v) is 5.06. The van der Waals surface area contributed by atoms with Gasteiger partial charge in [0.25, 0.3) is 17.0 Å². The van der Waals surface area contributed by atoms with Crippen LogP contribution in [0.3, 0.4) is 0 Å². The molecule has 0 saturated carbocycles. The Kier molecular flexibility index (Phi) is 5.20. The van der Waals surface area contributed by atoms with Gasteiger partial charge in [-0.2, -0.15) is 5.10 Å². The van der Waals surface area contributed by atoms with Crippen molar-refractivity contribution in [2.45, 2.75) is 13.0 Å². The summed E-state index contributed by atoms with van der Waals surface area (Å²) in [6.45, 7) is 1.77. The van der Waals surface area contributed by atoms with Crippen LogP contribution in [0.5, 0.6) is 0 Å². The lowest BCUT2D eigenvalue weighted by Crippen LogP contribution is -2.33. The van der Waals surface area contributed by atoms with Crippen molar-refractivity contribution in [2.75, 3.05) is 0 Å². The highest BCUT2D eigenvalue weighted by molar-refractivity contribution is 6.35. The number of hydrogen-bond acceptors (Lipinski definition) is 4. The fourth-order valence-corrected chi connectivity index (χ4v) is 3.58. The molecule has 1 atom stereocenters. The predicted molar refractivity (Wildman–Crippen MR) is 115 cm³/mol. The molecule has 4 rings (SSSR count). The van der Waals surface area contributed by atoms with Gasteiger partial charge in [0.1, 0.15) is 5.69 Å². The summed E-state index contributed by atoms with van der Waals surface area (Å²) in [5.41, 5.74) is 0.631. The Morgan fingerprint density at radius 2 is 1.83 bits per heavy atom. The molecule has 0 aliphatic carbocycles. The lowest BCUT2D eigenvalue weighted by molar-refractivity contribution is 0.0932. The number of fused-ring (bicyclic) bond motifs is 1. The van der Waals surface area contributed by atoms with E-state index in [4.69, 9.17) is 11.6 Å². The van der Waals surface area contributed by atoms with Crippen molar-refractivity contribution in [2.24, 2.45) is 0 Å². The molecule has 4 aromatic rings. The molecule has 0 saturated heterocycles. The Balaban J connectivity index is 1.84. The molecule has 30 heavy (non-hydrogen) atoms. The summed E-state index contributed by atoms with van der Waals surface area (Å²) >= 11 is 6.31. The van der Waals surface area contributed by atoms with E-state index in [2.05, 4.69) is 15.5 Å². The summed E-state index contributed by atoms with van der Waals surface area (Å²) in [5.74, 6) is -0.475. The Hall–Kier alpha value is -3.71. The largest absolute Gasteiger partial charge is 0.343 e.